The zero-order valence-electron chi connectivity index (χ0n) is 15.9. The molecule has 3 rings (SSSR count). The van der Waals surface area contributed by atoms with Crippen LogP contribution in [0.15, 0.2) is 17.2 Å². The number of rotatable bonds is 7. The normalized spacial score (nSPS) is 20.4. The number of nitrogens with one attached hydrogen (secondary N) is 2. The molecule has 0 saturated heterocycles. The average molecular weight is 424 g/mol. The van der Waals surface area contributed by atoms with Crippen LogP contribution < -0.4 is 10.6 Å². The fourth-order valence-electron chi connectivity index (χ4n) is 3.13. The first-order valence-electron chi connectivity index (χ1n) is 9.09. The number of carbonyl (C=O) groups excluding carboxylic acids is 2. The van der Waals surface area contributed by atoms with E-state index in [1.165, 1.54) is 11.3 Å². The van der Waals surface area contributed by atoms with Gasteiger partial charge >= 0.3 is 0 Å². The molecule has 158 valence electrons. The zero-order chi connectivity index (χ0) is 21.2. The van der Waals surface area contributed by atoms with E-state index in [0.29, 0.717) is 31.5 Å². The van der Waals surface area contributed by atoms with Crippen molar-refractivity contribution < 1.29 is 24.6 Å². The highest BCUT2D eigenvalue weighted by molar-refractivity contribution is 7.07. The van der Waals surface area contributed by atoms with E-state index in [0.717, 1.165) is 12.4 Å². The largest absolute Gasteiger partial charge is 0.483 e. The molecule has 0 aromatic carbocycles. The summed E-state index contributed by atoms with van der Waals surface area (Å²) in [6.45, 7) is 3.00. The molecular weight excluding hydrogens is 400 g/mol. The van der Waals surface area contributed by atoms with Crippen molar-refractivity contribution in [2.45, 2.75) is 44.9 Å². The molecule has 2 aromatic rings. The van der Waals surface area contributed by atoms with Crippen LogP contribution in [0.4, 0.5) is 0 Å². The molecule has 12 heteroatoms. The van der Waals surface area contributed by atoms with Crippen molar-refractivity contribution in [3.8, 4) is 0 Å². The number of hydrogen-bond donors (Lipinski definition) is 4. The highest BCUT2D eigenvalue weighted by Gasteiger charge is 2.37. The number of aliphatic hydroxyl groups excluding tert-OH is 1. The number of amides is 2. The monoisotopic (exact) mass is 424 g/mol. The standard InChI is InChI=1S/C16H22N6O3S.CH2O2/c1-2-22-8-19-21-14(22)3-4-17-15(24)10-5-11(13(23)6-10)20-16(25)12-7-26-9-18-12;2-1-3/h7-11,13,23H,2-6H2,1H3,(H,17,24)(H,20,25);1H,(H,2,3)/t10-,11-,13-;/m0./s1. The Morgan fingerprint density at radius 1 is 1.41 bits per heavy atom. The van der Waals surface area contributed by atoms with Gasteiger partial charge in [-0.15, -0.1) is 21.5 Å². The Morgan fingerprint density at radius 3 is 2.83 bits per heavy atom. The molecule has 29 heavy (non-hydrogen) atoms. The molecule has 0 unspecified atom stereocenters. The van der Waals surface area contributed by atoms with E-state index >= 15 is 0 Å². The lowest BCUT2D eigenvalue weighted by molar-refractivity contribution is -0.125. The third-order valence-electron chi connectivity index (χ3n) is 4.57. The van der Waals surface area contributed by atoms with Crippen molar-refractivity contribution in [1.82, 2.24) is 30.4 Å². The van der Waals surface area contributed by atoms with Gasteiger partial charge in [0.1, 0.15) is 17.8 Å². The van der Waals surface area contributed by atoms with Gasteiger partial charge in [0.05, 0.1) is 17.7 Å². The van der Waals surface area contributed by atoms with E-state index in [2.05, 4.69) is 25.8 Å². The molecule has 1 aliphatic carbocycles. The summed E-state index contributed by atoms with van der Waals surface area (Å²) in [5.74, 6) is 0.0646. The van der Waals surface area contributed by atoms with Crippen LogP contribution in [-0.2, 0) is 22.6 Å². The Labute approximate surface area is 171 Å². The van der Waals surface area contributed by atoms with Gasteiger partial charge in [-0.1, -0.05) is 0 Å². The second-order valence-corrected chi connectivity index (χ2v) is 7.09. The number of aryl methyl sites for hydroxylation is 1. The minimum atomic E-state index is -0.739. The van der Waals surface area contributed by atoms with Gasteiger partial charge in [-0.05, 0) is 19.8 Å². The molecule has 0 bridgehead atoms. The highest BCUT2D eigenvalue weighted by Crippen LogP contribution is 2.26. The van der Waals surface area contributed by atoms with E-state index in [1.807, 2.05) is 11.5 Å². The fraction of sp³-hybridized carbons (Fsp3) is 0.529. The van der Waals surface area contributed by atoms with E-state index in [-0.39, 0.29) is 24.2 Å². The molecule has 11 nitrogen and oxygen atoms in total. The first kappa shape index (κ1) is 22.4. The smallest absolute Gasteiger partial charge is 0.290 e. The molecule has 2 heterocycles. The summed E-state index contributed by atoms with van der Waals surface area (Å²) in [6.07, 6.45) is 2.27. The van der Waals surface area contributed by atoms with Crippen LogP contribution in [0.25, 0.3) is 0 Å². The van der Waals surface area contributed by atoms with Crippen molar-refractivity contribution in [2.75, 3.05) is 6.54 Å². The van der Waals surface area contributed by atoms with Crippen LogP contribution in [0.5, 0.6) is 0 Å². The lowest BCUT2D eigenvalue weighted by Gasteiger charge is -2.15. The predicted molar refractivity (Wildman–Crippen MR) is 103 cm³/mol. The molecule has 1 saturated carbocycles. The van der Waals surface area contributed by atoms with Gasteiger partial charge in [0.25, 0.3) is 12.4 Å². The highest BCUT2D eigenvalue weighted by atomic mass is 32.1. The number of aromatic nitrogens is 4. The Kier molecular flexibility index (Phi) is 8.68. The Balaban J connectivity index is 0.000000941. The topological polar surface area (TPSA) is 159 Å². The van der Waals surface area contributed by atoms with Gasteiger partial charge in [0.2, 0.25) is 5.91 Å². The van der Waals surface area contributed by atoms with Crippen LogP contribution in [-0.4, -0.2) is 66.9 Å². The summed E-state index contributed by atoms with van der Waals surface area (Å²) in [5, 5.41) is 32.2. The van der Waals surface area contributed by atoms with Gasteiger partial charge < -0.3 is 25.4 Å². The molecule has 0 aliphatic heterocycles. The van der Waals surface area contributed by atoms with Crippen molar-refractivity contribution in [2.24, 2.45) is 5.92 Å². The van der Waals surface area contributed by atoms with Crippen LogP contribution >= 0.6 is 11.3 Å². The summed E-state index contributed by atoms with van der Waals surface area (Å²) in [5.41, 5.74) is 1.91. The van der Waals surface area contributed by atoms with Crippen LogP contribution in [0.3, 0.4) is 0 Å². The average Bonchev–Trinajstić information content (AvgIpc) is 3.44. The molecule has 1 fully saturated rings. The van der Waals surface area contributed by atoms with Gasteiger partial charge in [-0.2, -0.15) is 0 Å². The second kappa shape index (κ2) is 11.2. The quantitative estimate of drug-likeness (QED) is 0.440. The second-order valence-electron chi connectivity index (χ2n) is 6.37. The Bertz CT molecular complexity index is 796. The van der Waals surface area contributed by atoms with Gasteiger partial charge in [-0.25, -0.2) is 4.98 Å². The van der Waals surface area contributed by atoms with Gasteiger partial charge in [0.15, 0.2) is 0 Å². The van der Waals surface area contributed by atoms with E-state index in [9.17, 15) is 14.7 Å². The molecule has 0 radical (unpaired) electrons. The van der Waals surface area contributed by atoms with Crippen molar-refractivity contribution in [3.63, 3.8) is 0 Å². The maximum absolute atomic E-state index is 12.3. The molecule has 1 aliphatic rings. The third-order valence-corrected chi connectivity index (χ3v) is 5.15. The lowest BCUT2D eigenvalue weighted by Crippen LogP contribution is -2.40. The summed E-state index contributed by atoms with van der Waals surface area (Å²) < 4.78 is 1.93. The maximum atomic E-state index is 12.3. The first-order chi connectivity index (χ1) is 14.0. The van der Waals surface area contributed by atoms with E-state index < -0.39 is 12.1 Å². The molecule has 2 amide bonds. The predicted octanol–water partition coefficient (Wildman–Crippen LogP) is -0.316. The van der Waals surface area contributed by atoms with Crippen LogP contribution in [0.2, 0.25) is 0 Å². The molecule has 4 N–H and O–H groups in total. The van der Waals surface area contributed by atoms with E-state index in [1.54, 1.807) is 17.2 Å². The number of carboxylic acid groups (broad SMARTS) is 1. The van der Waals surface area contributed by atoms with E-state index in [4.69, 9.17) is 9.90 Å². The molecule has 3 atom stereocenters. The summed E-state index contributed by atoms with van der Waals surface area (Å²) in [6, 6.07) is -0.442. The van der Waals surface area contributed by atoms with Crippen LogP contribution in [0.1, 0.15) is 36.1 Å². The molecule has 2 aromatic heterocycles. The minimum Gasteiger partial charge on any atom is -0.483 e. The Hall–Kier alpha value is -2.86. The summed E-state index contributed by atoms with van der Waals surface area (Å²) in [4.78, 5) is 36.7. The lowest BCUT2D eigenvalue weighted by atomic mass is 10.1. The van der Waals surface area contributed by atoms with Crippen molar-refractivity contribution in [3.05, 3.63) is 28.7 Å². The zero-order valence-corrected chi connectivity index (χ0v) is 16.7. The van der Waals surface area contributed by atoms with Gasteiger partial charge in [0, 0.05) is 30.8 Å². The number of hydrogen-bond acceptors (Lipinski definition) is 8. The summed E-state index contributed by atoms with van der Waals surface area (Å²) >= 11 is 1.33. The number of nitrogens with zero attached hydrogens (tertiary/aromatic N) is 4. The van der Waals surface area contributed by atoms with Crippen molar-refractivity contribution in [1.29, 1.82) is 0 Å². The van der Waals surface area contributed by atoms with Gasteiger partial charge in [-0.3, -0.25) is 14.4 Å². The molecule has 0 spiro atoms. The number of thiazole rings is 1. The van der Waals surface area contributed by atoms with Crippen LogP contribution in [0, 0.1) is 5.92 Å². The van der Waals surface area contributed by atoms with Crippen molar-refractivity contribution >= 4 is 29.6 Å². The minimum absolute atomic E-state index is 0.114. The fourth-order valence-corrected chi connectivity index (χ4v) is 3.66. The number of carbonyl (C=O) groups is 3. The summed E-state index contributed by atoms with van der Waals surface area (Å²) in [7, 11) is 0. The third kappa shape index (κ3) is 6.32. The molecular formula is C17H24N6O5S. The first-order valence-corrected chi connectivity index (χ1v) is 10.0. The SMILES string of the molecule is CCn1cnnc1CCNC(=O)[C@H]1C[C@H](NC(=O)c2cscn2)[C@@H](O)C1.O=CO. The Morgan fingerprint density at radius 2 is 2.17 bits per heavy atom. The number of aliphatic hydroxyl groups is 1. The maximum Gasteiger partial charge on any atom is 0.290 e.